The van der Waals surface area contributed by atoms with Crippen LogP contribution in [0.5, 0.6) is 23.0 Å². The zero-order valence-corrected chi connectivity index (χ0v) is 18.8. The number of ether oxygens (including phenoxy) is 2. The molecule has 3 aromatic carbocycles. The monoisotopic (exact) mass is 428 g/mol. The van der Waals surface area contributed by atoms with E-state index in [4.69, 9.17) is 9.47 Å². The van der Waals surface area contributed by atoms with Crippen molar-refractivity contribution in [2.24, 2.45) is 0 Å². The van der Waals surface area contributed by atoms with Crippen LogP contribution in [0.15, 0.2) is 72.9 Å². The first-order chi connectivity index (χ1) is 15.4. The van der Waals surface area contributed by atoms with Gasteiger partial charge in [0.05, 0.1) is 12.6 Å². The molecule has 2 N–H and O–H groups in total. The van der Waals surface area contributed by atoms with Crippen LogP contribution in [0, 0.1) is 0 Å². The van der Waals surface area contributed by atoms with E-state index in [2.05, 4.69) is 55.3 Å². The van der Waals surface area contributed by atoms with Gasteiger partial charge in [0, 0.05) is 29.0 Å². The summed E-state index contributed by atoms with van der Waals surface area (Å²) < 4.78 is 11.3. The predicted octanol–water partition coefficient (Wildman–Crippen LogP) is 7.17. The van der Waals surface area contributed by atoms with Crippen LogP contribution in [0.4, 0.5) is 11.4 Å². The van der Waals surface area contributed by atoms with E-state index in [1.807, 2.05) is 24.3 Å². The number of nitrogens with one attached hydrogen (secondary N) is 1. The Labute approximate surface area is 188 Å². The Balaban J connectivity index is 1.50. The number of hydrogen-bond acceptors (Lipinski definition) is 5. The standard InChI is InChI=1S/C27H28N2O3/c1-5-27(2,3)18-6-8-19(9-7-18)29-20-10-12-21(13-11-20)32-25-14-15-28-23-17-24(30)26(31-4)16-22(23)25/h6-17,29-30H,5H2,1-4H3. The zero-order chi connectivity index (χ0) is 22.7. The Bertz CT molecular complexity index is 1220. The minimum Gasteiger partial charge on any atom is -0.504 e. The minimum absolute atomic E-state index is 0.0476. The summed E-state index contributed by atoms with van der Waals surface area (Å²) in [6.45, 7) is 6.74. The maximum Gasteiger partial charge on any atom is 0.161 e. The number of fused-ring (bicyclic) bond motifs is 1. The predicted molar refractivity (Wildman–Crippen MR) is 130 cm³/mol. The zero-order valence-electron chi connectivity index (χ0n) is 18.8. The van der Waals surface area contributed by atoms with Crippen LogP contribution in [0.1, 0.15) is 32.8 Å². The summed E-state index contributed by atoms with van der Waals surface area (Å²) >= 11 is 0. The molecule has 5 nitrogen and oxygen atoms in total. The van der Waals surface area contributed by atoms with E-state index in [1.54, 1.807) is 24.4 Å². The van der Waals surface area contributed by atoms with Crippen molar-refractivity contribution in [1.29, 1.82) is 0 Å². The normalized spacial score (nSPS) is 11.4. The third kappa shape index (κ3) is 4.47. The molecule has 0 atom stereocenters. The highest BCUT2D eigenvalue weighted by molar-refractivity contribution is 5.88. The van der Waals surface area contributed by atoms with E-state index in [0.717, 1.165) is 23.2 Å². The SMILES string of the molecule is CCC(C)(C)c1ccc(Nc2ccc(Oc3ccnc4cc(O)c(OC)cc34)cc2)cc1. The number of methoxy groups -OCH3 is 1. The molecular weight excluding hydrogens is 400 g/mol. The van der Waals surface area contributed by atoms with Gasteiger partial charge in [-0.25, -0.2) is 0 Å². The van der Waals surface area contributed by atoms with Crippen LogP contribution in [0.3, 0.4) is 0 Å². The van der Waals surface area contributed by atoms with E-state index in [0.29, 0.717) is 22.8 Å². The van der Waals surface area contributed by atoms with Crippen LogP contribution in [0.2, 0.25) is 0 Å². The number of pyridine rings is 1. The molecule has 4 aromatic rings. The maximum atomic E-state index is 10.00. The van der Waals surface area contributed by atoms with Gasteiger partial charge in [0.1, 0.15) is 11.5 Å². The first-order valence-corrected chi connectivity index (χ1v) is 10.7. The molecule has 1 aromatic heterocycles. The van der Waals surface area contributed by atoms with Gasteiger partial charge >= 0.3 is 0 Å². The van der Waals surface area contributed by atoms with Crippen LogP contribution >= 0.6 is 0 Å². The van der Waals surface area contributed by atoms with Crippen molar-refractivity contribution in [2.75, 3.05) is 12.4 Å². The van der Waals surface area contributed by atoms with Gasteiger partial charge in [-0.3, -0.25) is 4.98 Å². The second-order valence-electron chi connectivity index (χ2n) is 8.42. The second kappa shape index (κ2) is 8.79. The van der Waals surface area contributed by atoms with Crippen molar-refractivity contribution in [3.05, 3.63) is 78.5 Å². The quantitative estimate of drug-likeness (QED) is 0.327. The highest BCUT2D eigenvalue weighted by Crippen LogP contribution is 2.36. The van der Waals surface area contributed by atoms with Gasteiger partial charge in [-0.2, -0.15) is 0 Å². The highest BCUT2D eigenvalue weighted by Gasteiger charge is 2.17. The van der Waals surface area contributed by atoms with E-state index >= 15 is 0 Å². The molecule has 0 aliphatic carbocycles. The maximum absolute atomic E-state index is 10.00. The van der Waals surface area contributed by atoms with Gasteiger partial charge in [0.2, 0.25) is 0 Å². The van der Waals surface area contributed by atoms with Crippen molar-refractivity contribution in [2.45, 2.75) is 32.6 Å². The third-order valence-corrected chi connectivity index (χ3v) is 5.92. The summed E-state index contributed by atoms with van der Waals surface area (Å²) in [5.74, 6) is 1.77. The summed E-state index contributed by atoms with van der Waals surface area (Å²) in [7, 11) is 1.52. The number of phenolic OH excluding ortho intramolecular Hbond substituents is 1. The summed E-state index contributed by atoms with van der Waals surface area (Å²) in [6.07, 6.45) is 2.75. The Hall–Kier alpha value is -3.73. The molecule has 0 spiro atoms. The molecule has 0 aliphatic rings. The molecule has 0 amide bonds. The van der Waals surface area contributed by atoms with Crippen LogP contribution in [-0.4, -0.2) is 17.2 Å². The third-order valence-electron chi connectivity index (χ3n) is 5.92. The molecule has 4 rings (SSSR count). The van der Waals surface area contributed by atoms with Crippen molar-refractivity contribution in [3.8, 4) is 23.0 Å². The molecular formula is C27H28N2O3. The van der Waals surface area contributed by atoms with Crippen LogP contribution in [-0.2, 0) is 5.41 Å². The fraction of sp³-hybridized carbons (Fsp3) is 0.222. The van der Waals surface area contributed by atoms with E-state index in [9.17, 15) is 5.11 Å². The molecule has 0 unspecified atom stereocenters. The molecule has 0 saturated heterocycles. The fourth-order valence-electron chi connectivity index (χ4n) is 3.50. The van der Waals surface area contributed by atoms with E-state index in [1.165, 1.54) is 12.7 Å². The van der Waals surface area contributed by atoms with Gasteiger partial charge in [0.15, 0.2) is 11.5 Å². The van der Waals surface area contributed by atoms with Crippen LogP contribution < -0.4 is 14.8 Å². The molecule has 5 heteroatoms. The fourth-order valence-corrected chi connectivity index (χ4v) is 3.50. The number of nitrogens with zero attached hydrogens (tertiary/aromatic N) is 1. The molecule has 0 radical (unpaired) electrons. The Kier molecular flexibility index (Phi) is 5.91. The van der Waals surface area contributed by atoms with Gasteiger partial charge in [-0.05, 0) is 65.9 Å². The number of rotatable bonds is 7. The van der Waals surface area contributed by atoms with Crippen LogP contribution in [0.25, 0.3) is 10.9 Å². The van der Waals surface area contributed by atoms with Crippen molar-refractivity contribution in [3.63, 3.8) is 0 Å². The lowest BCUT2D eigenvalue weighted by Gasteiger charge is -2.23. The largest absolute Gasteiger partial charge is 0.504 e. The molecule has 0 saturated carbocycles. The average Bonchev–Trinajstić information content (AvgIpc) is 2.80. The molecule has 164 valence electrons. The topological polar surface area (TPSA) is 63.6 Å². The number of anilines is 2. The summed E-state index contributed by atoms with van der Waals surface area (Å²) in [6, 6.07) is 21.5. The molecule has 0 aliphatic heterocycles. The first-order valence-electron chi connectivity index (χ1n) is 10.7. The summed E-state index contributed by atoms with van der Waals surface area (Å²) in [4.78, 5) is 4.30. The van der Waals surface area contributed by atoms with Gasteiger partial charge in [-0.1, -0.05) is 32.9 Å². The molecule has 32 heavy (non-hydrogen) atoms. The number of hydrogen-bond donors (Lipinski definition) is 2. The highest BCUT2D eigenvalue weighted by atomic mass is 16.5. The lowest BCUT2D eigenvalue weighted by Crippen LogP contribution is -2.15. The molecule has 1 heterocycles. The first kappa shape index (κ1) is 21.5. The number of aromatic hydroxyl groups is 1. The minimum atomic E-state index is 0.0476. The van der Waals surface area contributed by atoms with E-state index < -0.39 is 0 Å². The number of aromatic nitrogens is 1. The van der Waals surface area contributed by atoms with Gasteiger partial charge in [-0.15, -0.1) is 0 Å². The molecule has 0 bridgehead atoms. The van der Waals surface area contributed by atoms with Crippen molar-refractivity contribution >= 4 is 22.3 Å². The smallest absolute Gasteiger partial charge is 0.161 e. The second-order valence-corrected chi connectivity index (χ2v) is 8.42. The average molecular weight is 429 g/mol. The summed E-state index contributed by atoms with van der Waals surface area (Å²) in [5.41, 5.74) is 4.17. The lowest BCUT2D eigenvalue weighted by atomic mass is 9.82. The van der Waals surface area contributed by atoms with Gasteiger partial charge < -0.3 is 19.9 Å². The van der Waals surface area contributed by atoms with E-state index in [-0.39, 0.29) is 11.2 Å². The Morgan fingerprint density at radius 1 is 0.906 bits per heavy atom. The van der Waals surface area contributed by atoms with Crippen molar-refractivity contribution < 1.29 is 14.6 Å². The lowest BCUT2D eigenvalue weighted by molar-refractivity contribution is 0.374. The summed E-state index contributed by atoms with van der Waals surface area (Å²) in [5, 5.41) is 14.2. The van der Waals surface area contributed by atoms with Gasteiger partial charge in [0.25, 0.3) is 0 Å². The Morgan fingerprint density at radius 2 is 1.56 bits per heavy atom. The number of benzene rings is 3. The van der Waals surface area contributed by atoms with Crippen molar-refractivity contribution in [1.82, 2.24) is 4.98 Å². The Morgan fingerprint density at radius 3 is 2.19 bits per heavy atom. The number of phenols is 1. The molecule has 0 fully saturated rings.